The van der Waals surface area contributed by atoms with Crippen LogP contribution in [0.15, 0.2) is 23.3 Å². The smallest absolute Gasteiger partial charge is 0.152 e. The van der Waals surface area contributed by atoms with Crippen LogP contribution in [-0.2, 0) is 4.79 Å². The molecule has 1 aliphatic rings. The van der Waals surface area contributed by atoms with Gasteiger partial charge < -0.3 is 0 Å². The van der Waals surface area contributed by atoms with Crippen LogP contribution in [0.1, 0.15) is 53.9 Å². The van der Waals surface area contributed by atoms with Gasteiger partial charge in [0.1, 0.15) is 0 Å². The van der Waals surface area contributed by atoms with Gasteiger partial charge in [0.2, 0.25) is 0 Å². The van der Waals surface area contributed by atoms with Crippen LogP contribution in [-0.4, -0.2) is 5.78 Å². The van der Waals surface area contributed by atoms with Crippen LogP contribution in [0.3, 0.4) is 0 Å². The molecule has 0 saturated heterocycles. The van der Waals surface area contributed by atoms with Gasteiger partial charge in [-0.05, 0) is 49.7 Å². The number of ketones is 1. The number of allylic oxidation sites excluding steroid dienone is 4. The number of hydrogen-bond acceptors (Lipinski definition) is 1. The van der Waals surface area contributed by atoms with E-state index in [-0.39, 0.29) is 11.2 Å². The summed E-state index contributed by atoms with van der Waals surface area (Å²) in [4.78, 5) is 11.0. The molecule has 90 valence electrons. The zero-order valence-electron chi connectivity index (χ0n) is 11.3. The highest BCUT2D eigenvalue weighted by Crippen LogP contribution is 2.46. The quantitative estimate of drug-likeness (QED) is 0.648. The molecular weight excluding hydrogens is 196 g/mol. The topological polar surface area (TPSA) is 17.1 Å². The highest BCUT2D eigenvalue weighted by molar-refractivity contribution is 5.87. The molecule has 0 aliphatic heterocycles. The van der Waals surface area contributed by atoms with E-state index in [9.17, 15) is 4.79 Å². The maximum Gasteiger partial charge on any atom is 0.152 e. The second-order valence-electron chi connectivity index (χ2n) is 5.50. The predicted octanol–water partition coefficient (Wildman–Crippen LogP) is 4.29. The van der Waals surface area contributed by atoms with Crippen molar-refractivity contribution in [2.24, 2.45) is 11.3 Å². The summed E-state index contributed by atoms with van der Waals surface area (Å²) in [7, 11) is 0. The number of carbonyl (C=O) groups is 1. The van der Waals surface area contributed by atoms with E-state index in [4.69, 9.17) is 0 Å². The third-order valence-electron chi connectivity index (χ3n) is 4.02. The van der Waals surface area contributed by atoms with Crippen LogP contribution in [0.5, 0.6) is 0 Å². The second kappa shape index (κ2) is 4.99. The van der Waals surface area contributed by atoms with E-state index in [2.05, 4.69) is 27.7 Å². The van der Waals surface area contributed by atoms with Crippen LogP contribution in [0.4, 0.5) is 0 Å². The van der Waals surface area contributed by atoms with E-state index in [1.54, 1.807) is 13.0 Å². The average Bonchev–Trinajstić information content (AvgIpc) is 2.16. The summed E-state index contributed by atoms with van der Waals surface area (Å²) < 4.78 is 0. The fraction of sp³-hybridized carbons (Fsp3) is 0.667. The molecule has 0 N–H and O–H groups in total. The Labute approximate surface area is 99.6 Å². The van der Waals surface area contributed by atoms with Crippen LogP contribution in [0, 0.1) is 11.3 Å². The van der Waals surface area contributed by atoms with Crippen molar-refractivity contribution >= 4 is 5.78 Å². The third kappa shape index (κ3) is 2.63. The number of carbonyl (C=O) groups excluding carboxylic acids is 1. The molecule has 0 heterocycles. The van der Waals surface area contributed by atoms with Crippen LogP contribution in [0.25, 0.3) is 0 Å². The third-order valence-corrected chi connectivity index (χ3v) is 4.02. The lowest BCUT2D eigenvalue weighted by Gasteiger charge is -2.40. The second-order valence-corrected chi connectivity index (χ2v) is 5.50. The Bertz CT molecular complexity index is 331. The van der Waals surface area contributed by atoms with Gasteiger partial charge in [-0.15, -0.1) is 0 Å². The van der Waals surface area contributed by atoms with Gasteiger partial charge in [-0.1, -0.05) is 38.8 Å². The highest BCUT2D eigenvalue weighted by atomic mass is 16.1. The summed E-state index contributed by atoms with van der Waals surface area (Å²) in [5, 5.41) is 0. The monoisotopic (exact) mass is 220 g/mol. The van der Waals surface area contributed by atoms with Gasteiger partial charge in [-0.3, -0.25) is 4.79 Å². The van der Waals surface area contributed by atoms with E-state index in [1.165, 1.54) is 30.4 Å². The summed E-state index contributed by atoms with van der Waals surface area (Å²) in [6.45, 7) is 10.7. The van der Waals surface area contributed by atoms with E-state index in [0.717, 1.165) is 5.92 Å². The minimum absolute atomic E-state index is 0.134. The molecular formula is C15H24O. The Morgan fingerprint density at radius 1 is 1.50 bits per heavy atom. The van der Waals surface area contributed by atoms with Gasteiger partial charge in [0.05, 0.1) is 0 Å². The van der Waals surface area contributed by atoms with Gasteiger partial charge in [-0.25, -0.2) is 0 Å². The van der Waals surface area contributed by atoms with Crippen molar-refractivity contribution in [3.05, 3.63) is 23.3 Å². The SMILES string of the molecule is CCC1CCC(C)=C(C=CC(C)=O)C1(C)C. The number of rotatable bonds is 3. The molecule has 0 aromatic heterocycles. The Kier molecular flexibility index (Phi) is 4.12. The zero-order valence-corrected chi connectivity index (χ0v) is 11.3. The van der Waals surface area contributed by atoms with Gasteiger partial charge >= 0.3 is 0 Å². The molecule has 0 aromatic carbocycles. The lowest BCUT2D eigenvalue weighted by atomic mass is 9.64. The van der Waals surface area contributed by atoms with E-state index in [1.807, 2.05) is 6.08 Å². The first-order valence-electron chi connectivity index (χ1n) is 6.28. The zero-order chi connectivity index (χ0) is 12.3. The average molecular weight is 220 g/mol. The maximum absolute atomic E-state index is 11.0. The van der Waals surface area contributed by atoms with Crippen LogP contribution >= 0.6 is 0 Å². The fourth-order valence-electron chi connectivity index (χ4n) is 2.93. The predicted molar refractivity (Wildman–Crippen MR) is 69.3 cm³/mol. The van der Waals surface area contributed by atoms with Crippen molar-refractivity contribution in [1.82, 2.24) is 0 Å². The Balaban J connectivity index is 3.06. The van der Waals surface area contributed by atoms with E-state index < -0.39 is 0 Å². The Morgan fingerprint density at radius 3 is 2.62 bits per heavy atom. The minimum Gasteiger partial charge on any atom is -0.295 e. The molecule has 1 nitrogen and oxygen atoms in total. The summed E-state index contributed by atoms with van der Waals surface area (Å²) in [5.41, 5.74) is 3.04. The standard InChI is InChI=1S/C15H24O/c1-6-13-9-7-11(2)14(15(13,4)5)10-8-12(3)16/h8,10,13H,6-7,9H2,1-5H3. The molecule has 1 rings (SSSR count). The van der Waals surface area contributed by atoms with Crippen molar-refractivity contribution in [2.75, 3.05) is 0 Å². The first-order valence-corrected chi connectivity index (χ1v) is 6.28. The highest BCUT2D eigenvalue weighted by Gasteiger charge is 2.34. The molecule has 0 saturated carbocycles. The minimum atomic E-state index is 0.134. The molecule has 1 unspecified atom stereocenters. The summed E-state index contributed by atoms with van der Waals surface area (Å²) >= 11 is 0. The summed E-state index contributed by atoms with van der Waals surface area (Å²) in [6, 6.07) is 0. The van der Waals surface area contributed by atoms with Gasteiger partial charge in [0, 0.05) is 0 Å². The molecule has 0 bridgehead atoms. The van der Waals surface area contributed by atoms with Crippen molar-refractivity contribution in [1.29, 1.82) is 0 Å². The molecule has 0 amide bonds. The van der Waals surface area contributed by atoms with Crippen LogP contribution in [0.2, 0.25) is 0 Å². The van der Waals surface area contributed by atoms with Crippen LogP contribution < -0.4 is 0 Å². The van der Waals surface area contributed by atoms with Crippen molar-refractivity contribution in [2.45, 2.75) is 53.9 Å². The fourth-order valence-corrected chi connectivity index (χ4v) is 2.93. The lowest BCUT2D eigenvalue weighted by molar-refractivity contribution is -0.112. The van der Waals surface area contributed by atoms with Gasteiger partial charge in [0.15, 0.2) is 5.78 Å². The summed E-state index contributed by atoms with van der Waals surface area (Å²) in [5.74, 6) is 0.873. The molecule has 0 aromatic rings. The van der Waals surface area contributed by atoms with Crippen molar-refractivity contribution in [3.63, 3.8) is 0 Å². The molecule has 0 radical (unpaired) electrons. The van der Waals surface area contributed by atoms with Gasteiger partial charge in [-0.2, -0.15) is 0 Å². The Morgan fingerprint density at radius 2 is 2.12 bits per heavy atom. The number of hydrogen-bond donors (Lipinski definition) is 0. The van der Waals surface area contributed by atoms with E-state index in [0.29, 0.717) is 0 Å². The Hall–Kier alpha value is -0.850. The maximum atomic E-state index is 11.0. The molecule has 1 aliphatic carbocycles. The summed E-state index contributed by atoms with van der Waals surface area (Å²) in [6.07, 6.45) is 7.43. The first-order chi connectivity index (χ1) is 7.39. The molecule has 1 atom stereocenters. The first kappa shape index (κ1) is 13.2. The van der Waals surface area contributed by atoms with E-state index >= 15 is 0 Å². The molecule has 1 heteroatoms. The van der Waals surface area contributed by atoms with Gasteiger partial charge in [0.25, 0.3) is 0 Å². The van der Waals surface area contributed by atoms with Crippen molar-refractivity contribution in [3.8, 4) is 0 Å². The lowest BCUT2D eigenvalue weighted by Crippen LogP contribution is -2.29. The molecule has 16 heavy (non-hydrogen) atoms. The normalized spacial score (nSPS) is 25.2. The van der Waals surface area contributed by atoms with Crippen molar-refractivity contribution < 1.29 is 4.79 Å². The molecule has 0 fully saturated rings. The molecule has 0 spiro atoms. The largest absolute Gasteiger partial charge is 0.295 e.